The zero-order chi connectivity index (χ0) is 13.7. The molecule has 1 aromatic rings. The third-order valence-corrected chi connectivity index (χ3v) is 3.55. The van der Waals surface area contributed by atoms with Gasteiger partial charge >= 0.3 is 0 Å². The highest BCUT2D eigenvalue weighted by atomic mass is 19.1. The SMILES string of the molecule is CCNCc1cccc(F)c1OCC1(CC#N)CC1. The molecule has 19 heavy (non-hydrogen) atoms. The van der Waals surface area contributed by atoms with Gasteiger partial charge in [-0.3, -0.25) is 0 Å². The van der Waals surface area contributed by atoms with Crippen LogP contribution in [-0.4, -0.2) is 13.2 Å². The molecular weight excluding hydrogens is 243 g/mol. The lowest BCUT2D eigenvalue weighted by atomic mass is 10.1. The first-order chi connectivity index (χ1) is 9.21. The summed E-state index contributed by atoms with van der Waals surface area (Å²) < 4.78 is 19.5. The molecule has 0 atom stereocenters. The molecule has 0 spiro atoms. The maximum absolute atomic E-state index is 13.8. The van der Waals surface area contributed by atoms with E-state index < -0.39 is 0 Å². The van der Waals surface area contributed by atoms with E-state index in [1.165, 1.54) is 6.07 Å². The van der Waals surface area contributed by atoms with Crippen LogP contribution in [0, 0.1) is 22.6 Å². The van der Waals surface area contributed by atoms with Crippen LogP contribution in [0.2, 0.25) is 0 Å². The van der Waals surface area contributed by atoms with E-state index in [9.17, 15) is 4.39 Å². The smallest absolute Gasteiger partial charge is 0.165 e. The first kappa shape index (κ1) is 13.8. The minimum Gasteiger partial charge on any atom is -0.490 e. The van der Waals surface area contributed by atoms with Crippen LogP contribution in [0.1, 0.15) is 31.7 Å². The quantitative estimate of drug-likeness (QED) is 0.821. The second-order valence-corrected chi connectivity index (χ2v) is 5.13. The molecule has 1 fully saturated rings. The van der Waals surface area contributed by atoms with E-state index in [4.69, 9.17) is 10.00 Å². The Labute approximate surface area is 113 Å². The Bertz CT molecular complexity index is 478. The summed E-state index contributed by atoms with van der Waals surface area (Å²) >= 11 is 0. The second kappa shape index (κ2) is 6.03. The Morgan fingerprint density at radius 1 is 1.47 bits per heavy atom. The van der Waals surface area contributed by atoms with Crippen LogP contribution < -0.4 is 10.1 Å². The normalized spacial score (nSPS) is 15.8. The van der Waals surface area contributed by atoms with Crippen molar-refractivity contribution in [2.75, 3.05) is 13.2 Å². The molecule has 0 aliphatic heterocycles. The van der Waals surface area contributed by atoms with Gasteiger partial charge in [-0.1, -0.05) is 19.1 Å². The van der Waals surface area contributed by atoms with Crippen LogP contribution in [-0.2, 0) is 6.54 Å². The van der Waals surface area contributed by atoms with Crippen molar-refractivity contribution >= 4 is 0 Å². The number of hydrogen-bond donors (Lipinski definition) is 1. The van der Waals surface area contributed by atoms with Crippen molar-refractivity contribution in [3.05, 3.63) is 29.6 Å². The Morgan fingerprint density at radius 2 is 2.26 bits per heavy atom. The molecule has 0 bridgehead atoms. The lowest BCUT2D eigenvalue weighted by Crippen LogP contribution is -2.17. The number of nitrogens with zero attached hydrogens (tertiary/aromatic N) is 1. The molecular formula is C15H19FN2O. The fraction of sp³-hybridized carbons (Fsp3) is 0.533. The number of nitriles is 1. The molecule has 1 aliphatic carbocycles. The summed E-state index contributed by atoms with van der Waals surface area (Å²) in [7, 11) is 0. The molecule has 0 amide bonds. The number of para-hydroxylation sites is 1. The molecule has 0 aromatic heterocycles. The Morgan fingerprint density at radius 3 is 2.89 bits per heavy atom. The number of rotatable bonds is 7. The standard InChI is InChI=1S/C15H19FN2O/c1-2-18-10-12-4-3-5-13(16)14(12)19-11-15(6-7-15)8-9-17/h3-5,18H,2,6-8,10-11H2,1H3. The molecule has 102 valence electrons. The number of ether oxygens (including phenoxy) is 1. The minimum atomic E-state index is -0.330. The van der Waals surface area contributed by atoms with Crippen LogP contribution in [0.3, 0.4) is 0 Å². The van der Waals surface area contributed by atoms with Gasteiger partial charge in [-0.25, -0.2) is 4.39 Å². The molecule has 1 N–H and O–H groups in total. The molecule has 0 saturated heterocycles. The fourth-order valence-corrected chi connectivity index (χ4v) is 2.06. The first-order valence-corrected chi connectivity index (χ1v) is 6.68. The second-order valence-electron chi connectivity index (χ2n) is 5.13. The summed E-state index contributed by atoms with van der Waals surface area (Å²) in [5.41, 5.74) is 0.793. The van der Waals surface area contributed by atoms with Crippen molar-refractivity contribution < 1.29 is 9.13 Å². The zero-order valence-electron chi connectivity index (χ0n) is 11.2. The van der Waals surface area contributed by atoms with Crippen molar-refractivity contribution in [1.29, 1.82) is 5.26 Å². The average Bonchev–Trinajstić information content (AvgIpc) is 3.16. The van der Waals surface area contributed by atoms with Gasteiger partial charge in [-0.2, -0.15) is 5.26 Å². The van der Waals surface area contributed by atoms with Gasteiger partial charge in [0.2, 0.25) is 0 Å². The van der Waals surface area contributed by atoms with Gasteiger partial charge in [0.05, 0.1) is 12.7 Å². The van der Waals surface area contributed by atoms with Crippen LogP contribution in [0.4, 0.5) is 4.39 Å². The topological polar surface area (TPSA) is 45.0 Å². The molecule has 4 heteroatoms. The van der Waals surface area contributed by atoms with Crippen molar-refractivity contribution in [3.63, 3.8) is 0 Å². The van der Waals surface area contributed by atoms with Crippen LogP contribution in [0.15, 0.2) is 18.2 Å². The summed E-state index contributed by atoms with van der Waals surface area (Å²) in [4.78, 5) is 0. The van der Waals surface area contributed by atoms with Gasteiger partial charge in [-0.05, 0) is 25.5 Å². The maximum atomic E-state index is 13.8. The maximum Gasteiger partial charge on any atom is 0.165 e. The van der Waals surface area contributed by atoms with Crippen LogP contribution in [0.25, 0.3) is 0 Å². The highest BCUT2D eigenvalue weighted by molar-refractivity contribution is 5.35. The third-order valence-electron chi connectivity index (χ3n) is 3.55. The monoisotopic (exact) mass is 262 g/mol. The van der Waals surface area contributed by atoms with E-state index in [-0.39, 0.29) is 11.2 Å². The Kier molecular flexibility index (Phi) is 4.39. The van der Waals surface area contributed by atoms with Gasteiger partial charge < -0.3 is 10.1 Å². The molecule has 2 rings (SSSR count). The minimum absolute atomic E-state index is 0.0352. The van der Waals surface area contributed by atoms with Crippen molar-refractivity contribution in [3.8, 4) is 11.8 Å². The largest absolute Gasteiger partial charge is 0.490 e. The number of hydrogen-bond acceptors (Lipinski definition) is 3. The first-order valence-electron chi connectivity index (χ1n) is 6.68. The average molecular weight is 262 g/mol. The van der Waals surface area contributed by atoms with Crippen LogP contribution in [0.5, 0.6) is 5.75 Å². The zero-order valence-corrected chi connectivity index (χ0v) is 11.2. The van der Waals surface area contributed by atoms with Crippen LogP contribution >= 0.6 is 0 Å². The predicted octanol–water partition coefficient (Wildman–Crippen LogP) is 3.01. The molecule has 3 nitrogen and oxygen atoms in total. The summed E-state index contributed by atoms with van der Waals surface area (Å²) in [5, 5.41) is 11.9. The summed E-state index contributed by atoms with van der Waals surface area (Å²) in [6.45, 7) is 3.86. The predicted molar refractivity (Wildman–Crippen MR) is 71.2 cm³/mol. The van der Waals surface area contributed by atoms with E-state index in [0.717, 1.165) is 24.9 Å². The van der Waals surface area contributed by atoms with E-state index in [2.05, 4.69) is 11.4 Å². The summed E-state index contributed by atoms with van der Waals surface area (Å²) in [6, 6.07) is 7.15. The third kappa shape index (κ3) is 3.45. The van der Waals surface area contributed by atoms with Gasteiger partial charge in [0.25, 0.3) is 0 Å². The number of halogens is 1. The highest BCUT2D eigenvalue weighted by Gasteiger charge is 2.43. The lowest BCUT2D eigenvalue weighted by Gasteiger charge is -2.16. The van der Waals surface area contributed by atoms with E-state index in [1.807, 2.05) is 13.0 Å². The molecule has 0 heterocycles. The molecule has 1 aliphatic rings. The van der Waals surface area contributed by atoms with Gasteiger partial charge in [0, 0.05) is 23.9 Å². The molecule has 1 aromatic carbocycles. The van der Waals surface area contributed by atoms with Crippen molar-refractivity contribution in [2.24, 2.45) is 5.41 Å². The van der Waals surface area contributed by atoms with E-state index in [0.29, 0.717) is 25.3 Å². The van der Waals surface area contributed by atoms with Gasteiger partial charge in [-0.15, -0.1) is 0 Å². The van der Waals surface area contributed by atoms with Crippen molar-refractivity contribution in [1.82, 2.24) is 5.32 Å². The number of nitrogens with one attached hydrogen (secondary N) is 1. The van der Waals surface area contributed by atoms with E-state index in [1.54, 1.807) is 6.07 Å². The molecule has 1 saturated carbocycles. The Balaban J connectivity index is 2.04. The molecule has 0 unspecified atom stereocenters. The summed E-state index contributed by atoms with van der Waals surface area (Å²) in [6.07, 6.45) is 2.49. The van der Waals surface area contributed by atoms with Crippen molar-refractivity contribution in [2.45, 2.75) is 32.7 Å². The van der Waals surface area contributed by atoms with Gasteiger partial charge in [0.15, 0.2) is 11.6 Å². The van der Waals surface area contributed by atoms with Gasteiger partial charge in [0.1, 0.15) is 0 Å². The Hall–Kier alpha value is -1.60. The van der Waals surface area contributed by atoms with E-state index >= 15 is 0 Å². The summed E-state index contributed by atoms with van der Waals surface area (Å²) in [5.74, 6) is -0.00387. The lowest BCUT2D eigenvalue weighted by molar-refractivity contribution is 0.225. The fourth-order valence-electron chi connectivity index (χ4n) is 2.06. The molecule has 0 radical (unpaired) electrons. The highest BCUT2D eigenvalue weighted by Crippen LogP contribution is 2.48. The number of benzene rings is 1.